The minimum atomic E-state index is -4.48. The van der Waals surface area contributed by atoms with E-state index >= 15 is 0 Å². The molecule has 0 saturated heterocycles. The van der Waals surface area contributed by atoms with Gasteiger partial charge in [-0.15, -0.1) is 0 Å². The molecule has 0 aliphatic rings. The van der Waals surface area contributed by atoms with E-state index in [2.05, 4.69) is 15.0 Å². The first-order valence-electron chi connectivity index (χ1n) is 6.83. The van der Waals surface area contributed by atoms with Crippen molar-refractivity contribution in [1.82, 2.24) is 4.98 Å². The molecular formula is C16H11F5N2O2. The number of hydrogen-bond acceptors (Lipinski definition) is 3. The fraction of sp³-hybridized carbons (Fsp3) is 0.125. The lowest BCUT2D eigenvalue weighted by Crippen LogP contribution is -2.19. The van der Waals surface area contributed by atoms with Crippen LogP contribution in [0.2, 0.25) is 0 Å². The van der Waals surface area contributed by atoms with Crippen LogP contribution < -0.4 is 10.1 Å². The fourth-order valence-electron chi connectivity index (χ4n) is 1.71. The standard InChI is InChI=1S/C16H11F5N2O2/c17-12-2-1-3-13(18)11(12)5-6-14(24)23-10-4-7-15(22-8-10)25-9-16(19,20)21/h1-8H,9H2,(H,23,24)/b6-5+. The average molecular weight is 358 g/mol. The number of rotatable bonds is 5. The van der Waals surface area contributed by atoms with Gasteiger partial charge in [-0.05, 0) is 24.3 Å². The van der Waals surface area contributed by atoms with Crippen LogP contribution in [-0.4, -0.2) is 23.7 Å². The lowest BCUT2D eigenvalue weighted by Gasteiger charge is -2.08. The number of alkyl halides is 3. The predicted molar refractivity (Wildman–Crippen MR) is 79.8 cm³/mol. The Bertz CT molecular complexity index is 753. The highest BCUT2D eigenvalue weighted by Crippen LogP contribution is 2.18. The third kappa shape index (κ3) is 5.87. The quantitative estimate of drug-likeness (QED) is 0.650. The van der Waals surface area contributed by atoms with Crippen molar-refractivity contribution in [1.29, 1.82) is 0 Å². The number of anilines is 1. The Balaban J connectivity index is 1.95. The van der Waals surface area contributed by atoms with Crippen LogP contribution >= 0.6 is 0 Å². The van der Waals surface area contributed by atoms with Gasteiger partial charge >= 0.3 is 6.18 Å². The highest BCUT2D eigenvalue weighted by Gasteiger charge is 2.28. The summed E-state index contributed by atoms with van der Waals surface area (Å²) in [6.45, 7) is -1.48. The Kier molecular flexibility index (Phi) is 5.68. The van der Waals surface area contributed by atoms with Crippen molar-refractivity contribution >= 4 is 17.7 Å². The number of carbonyl (C=O) groups is 1. The van der Waals surface area contributed by atoms with Gasteiger partial charge in [0.1, 0.15) is 11.6 Å². The van der Waals surface area contributed by atoms with Gasteiger partial charge in [0.2, 0.25) is 11.8 Å². The number of amides is 1. The zero-order chi connectivity index (χ0) is 18.4. The van der Waals surface area contributed by atoms with Crippen molar-refractivity contribution < 1.29 is 31.5 Å². The first kappa shape index (κ1) is 18.4. The van der Waals surface area contributed by atoms with E-state index in [4.69, 9.17) is 0 Å². The molecule has 0 aliphatic carbocycles. The molecule has 0 atom stereocenters. The number of nitrogens with zero attached hydrogens (tertiary/aromatic N) is 1. The van der Waals surface area contributed by atoms with Crippen LogP contribution in [0.5, 0.6) is 5.88 Å². The van der Waals surface area contributed by atoms with E-state index in [0.29, 0.717) is 0 Å². The number of ether oxygens (including phenoxy) is 1. The van der Waals surface area contributed by atoms with E-state index < -0.39 is 30.3 Å². The lowest BCUT2D eigenvalue weighted by molar-refractivity contribution is -0.154. The summed E-state index contributed by atoms with van der Waals surface area (Å²) < 4.78 is 67.2. The van der Waals surface area contributed by atoms with Crippen LogP contribution in [0.25, 0.3) is 6.08 Å². The highest BCUT2D eigenvalue weighted by atomic mass is 19.4. The number of benzene rings is 1. The molecule has 0 radical (unpaired) electrons. The third-order valence-electron chi connectivity index (χ3n) is 2.79. The van der Waals surface area contributed by atoms with Gasteiger partial charge in [-0.25, -0.2) is 13.8 Å². The number of hydrogen-bond donors (Lipinski definition) is 1. The first-order valence-corrected chi connectivity index (χ1v) is 6.83. The molecule has 2 rings (SSSR count). The van der Waals surface area contributed by atoms with Crippen molar-refractivity contribution in [3.63, 3.8) is 0 Å². The summed E-state index contributed by atoms with van der Waals surface area (Å²) in [5.74, 6) is -2.61. The van der Waals surface area contributed by atoms with Gasteiger partial charge in [0.15, 0.2) is 6.61 Å². The number of pyridine rings is 1. The Labute approximate surface area is 138 Å². The van der Waals surface area contributed by atoms with Gasteiger partial charge in [-0.3, -0.25) is 4.79 Å². The minimum absolute atomic E-state index is 0.169. The van der Waals surface area contributed by atoms with Crippen LogP contribution in [0, 0.1) is 11.6 Å². The molecule has 0 unspecified atom stereocenters. The molecule has 25 heavy (non-hydrogen) atoms. The fourth-order valence-corrected chi connectivity index (χ4v) is 1.71. The lowest BCUT2D eigenvalue weighted by atomic mass is 10.2. The molecule has 132 valence electrons. The van der Waals surface area contributed by atoms with Gasteiger partial charge < -0.3 is 10.1 Å². The Hall–Kier alpha value is -2.97. The summed E-state index contributed by atoms with van der Waals surface area (Å²) >= 11 is 0. The predicted octanol–water partition coefficient (Wildman–Crippen LogP) is 3.95. The zero-order valence-corrected chi connectivity index (χ0v) is 12.5. The van der Waals surface area contributed by atoms with Gasteiger partial charge in [0.25, 0.3) is 0 Å². The van der Waals surface area contributed by atoms with Gasteiger partial charge in [0, 0.05) is 17.7 Å². The number of nitrogens with one attached hydrogen (secondary N) is 1. The average Bonchev–Trinajstić information content (AvgIpc) is 2.53. The summed E-state index contributed by atoms with van der Waals surface area (Å²) in [7, 11) is 0. The molecule has 4 nitrogen and oxygen atoms in total. The SMILES string of the molecule is O=C(/C=C/c1c(F)cccc1F)Nc1ccc(OCC(F)(F)F)nc1. The third-order valence-corrected chi connectivity index (χ3v) is 2.79. The smallest absolute Gasteiger partial charge is 0.422 e. The van der Waals surface area contributed by atoms with E-state index in [0.717, 1.165) is 36.5 Å². The molecule has 1 heterocycles. The normalized spacial score (nSPS) is 11.6. The maximum absolute atomic E-state index is 13.4. The van der Waals surface area contributed by atoms with E-state index in [1.54, 1.807) is 0 Å². The number of halogens is 5. The van der Waals surface area contributed by atoms with E-state index in [1.807, 2.05) is 0 Å². The van der Waals surface area contributed by atoms with Crippen LogP contribution in [0.4, 0.5) is 27.6 Å². The molecule has 1 N–H and O–H groups in total. The van der Waals surface area contributed by atoms with Crippen molar-refractivity contribution in [3.8, 4) is 5.88 Å². The Morgan fingerprint density at radius 3 is 2.40 bits per heavy atom. The molecule has 9 heteroatoms. The molecule has 0 saturated carbocycles. The van der Waals surface area contributed by atoms with Crippen LogP contribution in [-0.2, 0) is 4.79 Å². The van der Waals surface area contributed by atoms with Crippen molar-refractivity contribution in [2.24, 2.45) is 0 Å². The molecule has 2 aromatic rings. The summed E-state index contributed by atoms with van der Waals surface area (Å²) in [6.07, 6.45) is -1.52. The monoisotopic (exact) mass is 358 g/mol. The van der Waals surface area contributed by atoms with E-state index in [-0.39, 0.29) is 17.1 Å². The summed E-state index contributed by atoms with van der Waals surface area (Å²) in [4.78, 5) is 15.3. The largest absolute Gasteiger partial charge is 0.468 e. The Morgan fingerprint density at radius 1 is 1.16 bits per heavy atom. The van der Waals surface area contributed by atoms with Gasteiger partial charge in [-0.1, -0.05) is 6.07 Å². The second kappa shape index (κ2) is 7.73. The van der Waals surface area contributed by atoms with E-state index in [1.165, 1.54) is 12.1 Å². The number of carbonyl (C=O) groups excluding carboxylic acids is 1. The van der Waals surface area contributed by atoms with Crippen LogP contribution in [0.15, 0.2) is 42.6 Å². The van der Waals surface area contributed by atoms with Crippen LogP contribution in [0.3, 0.4) is 0 Å². The Morgan fingerprint density at radius 2 is 1.84 bits per heavy atom. The first-order chi connectivity index (χ1) is 11.7. The molecule has 1 aromatic carbocycles. The van der Waals surface area contributed by atoms with Crippen LogP contribution in [0.1, 0.15) is 5.56 Å². The van der Waals surface area contributed by atoms with Gasteiger partial charge in [-0.2, -0.15) is 13.2 Å². The van der Waals surface area contributed by atoms with Gasteiger partial charge in [0.05, 0.1) is 11.9 Å². The molecule has 0 fully saturated rings. The number of aromatic nitrogens is 1. The second-order valence-corrected chi connectivity index (χ2v) is 4.75. The molecule has 1 amide bonds. The summed E-state index contributed by atoms with van der Waals surface area (Å²) in [6, 6.07) is 5.69. The van der Waals surface area contributed by atoms with Crippen molar-refractivity contribution in [2.75, 3.05) is 11.9 Å². The van der Waals surface area contributed by atoms with Crippen molar-refractivity contribution in [2.45, 2.75) is 6.18 Å². The summed E-state index contributed by atoms with van der Waals surface area (Å²) in [5, 5.41) is 2.34. The second-order valence-electron chi connectivity index (χ2n) is 4.75. The molecular weight excluding hydrogens is 347 g/mol. The molecule has 0 aliphatic heterocycles. The maximum Gasteiger partial charge on any atom is 0.422 e. The zero-order valence-electron chi connectivity index (χ0n) is 12.5. The molecule has 0 spiro atoms. The minimum Gasteiger partial charge on any atom is -0.468 e. The highest BCUT2D eigenvalue weighted by molar-refractivity contribution is 6.01. The molecule has 1 aromatic heterocycles. The maximum atomic E-state index is 13.4. The topological polar surface area (TPSA) is 51.2 Å². The molecule has 0 bridgehead atoms. The van der Waals surface area contributed by atoms with E-state index in [9.17, 15) is 26.7 Å². The van der Waals surface area contributed by atoms with Crippen molar-refractivity contribution in [3.05, 3.63) is 59.8 Å². The summed E-state index contributed by atoms with van der Waals surface area (Å²) in [5.41, 5.74) is -0.199.